The number of nitrogens with one attached hydrogen (secondary N) is 1. The molecule has 0 unspecified atom stereocenters. The Bertz CT molecular complexity index is 991. The van der Waals surface area contributed by atoms with Crippen molar-refractivity contribution >= 4 is 25.1 Å². The van der Waals surface area contributed by atoms with Crippen LogP contribution in [0.25, 0.3) is 11.1 Å². The van der Waals surface area contributed by atoms with Crippen molar-refractivity contribution in [3.63, 3.8) is 0 Å². The minimum absolute atomic E-state index is 0. The molecule has 0 aliphatic heterocycles. The molecule has 33 heavy (non-hydrogen) atoms. The molecule has 0 heterocycles. The Kier molecular flexibility index (Phi) is 11.0. The number of hydrogen-bond donors (Lipinski definition) is 2. The van der Waals surface area contributed by atoms with Gasteiger partial charge in [0.05, 0.1) is 12.6 Å². The van der Waals surface area contributed by atoms with Gasteiger partial charge in [0, 0.05) is 5.69 Å². The molecule has 1 atom stereocenters. The highest BCUT2D eigenvalue weighted by atomic mass is 32.1. The topological polar surface area (TPSA) is 64.3 Å². The van der Waals surface area contributed by atoms with E-state index < -0.39 is 6.04 Å². The van der Waals surface area contributed by atoms with Crippen LogP contribution in [0.5, 0.6) is 5.75 Å². The molecule has 0 bridgehead atoms. The number of para-hydroxylation sites is 1. The smallest absolute Gasteiger partial charge is 0.241 e. The van der Waals surface area contributed by atoms with Gasteiger partial charge < -0.3 is 15.8 Å². The summed E-state index contributed by atoms with van der Waals surface area (Å²) < 4.78 is 5.92. The largest absolute Gasteiger partial charge is 0.494 e. The summed E-state index contributed by atoms with van der Waals surface area (Å²) in [5.41, 5.74) is 11.6. The summed E-state index contributed by atoms with van der Waals surface area (Å²) in [5, 5.41) is 2.87. The third kappa shape index (κ3) is 7.95. The van der Waals surface area contributed by atoms with Gasteiger partial charge in [-0.1, -0.05) is 75.2 Å². The maximum absolute atomic E-state index is 12.4. The lowest BCUT2D eigenvalue weighted by Gasteiger charge is -2.14. The first-order valence-electron chi connectivity index (χ1n) is 11.6. The number of carbonyl (C=O) groups excluding carboxylic acids is 1. The van der Waals surface area contributed by atoms with Crippen LogP contribution in [-0.2, 0) is 17.6 Å². The van der Waals surface area contributed by atoms with E-state index in [9.17, 15) is 4.79 Å². The highest BCUT2D eigenvalue weighted by molar-refractivity contribution is 7.59. The predicted molar refractivity (Wildman–Crippen MR) is 143 cm³/mol. The van der Waals surface area contributed by atoms with Crippen LogP contribution < -0.4 is 15.8 Å². The summed E-state index contributed by atoms with van der Waals surface area (Å²) in [5.74, 6) is 0.761. The van der Waals surface area contributed by atoms with Crippen LogP contribution in [0, 0.1) is 0 Å². The fraction of sp³-hybridized carbons (Fsp3) is 0.321. The molecule has 0 radical (unpaired) electrons. The Morgan fingerprint density at radius 2 is 1.70 bits per heavy atom. The van der Waals surface area contributed by atoms with E-state index in [1.54, 1.807) is 0 Å². The number of anilines is 1. The van der Waals surface area contributed by atoms with E-state index in [1.165, 1.54) is 24.0 Å². The first-order valence-corrected chi connectivity index (χ1v) is 11.6. The second-order valence-electron chi connectivity index (χ2n) is 8.09. The SMILES string of the molecule is CCCCCOc1ccc(-c2ccc(C[C@H](N)C(=O)Nc3ccccc3)cc2)c(CC)c1.S. The van der Waals surface area contributed by atoms with Gasteiger partial charge in [-0.2, -0.15) is 13.5 Å². The zero-order valence-corrected chi connectivity index (χ0v) is 20.6. The Balaban J connectivity index is 0.00000385. The number of carbonyl (C=O) groups is 1. The number of amides is 1. The summed E-state index contributed by atoms with van der Waals surface area (Å²) in [7, 11) is 0. The van der Waals surface area contributed by atoms with E-state index in [4.69, 9.17) is 10.5 Å². The Morgan fingerprint density at radius 3 is 2.36 bits per heavy atom. The maximum Gasteiger partial charge on any atom is 0.241 e. The van der Waals surface area contributed by atoms with E-state index in [0.717, 1.165) is 42.0 Å². The quantitative estimate of drug-likeness (QED) is 0.337. The van der Waals surface area contributed by atoms with E-state index in [0.29, 0.717) is 6.42 Å². The van der Waals surface area contributed by atoms with Crippen LogP contribution in [0.15, 0.2) is 72.8 Å². The lowest BCUT2D eigenvalue weighted by molar-refractivity contribution is -0.117. The molecule has 0 aromatic heterocycles. The molecular formula is C28H36N2O2S. The van der Waals surface area contributed by atoms with Gasteiger partial charge in [-0.25, -0.2) is 0 Å². The molecule has 3 aromatic carbocycles. The number of ether oxygens (including phenoxy) is 1. The Hall–Kier alpha value is -2.76. The van der Waals surface area contributed by atoms with Crippen molar-refractivity contribution in [2.24, 2.45) is 5.73 Å². The molecule has 0 saturated carbocycles. The molecule has 3 N–H and O–H groups in total. The van der Waals surface area contributed by atoms with Crippen LogP contribution in [0.1, 0.15) is 44.2 Å². The average Bonchev–Trinajstić information content (AvgIpc) is 2.83. The van der Waals surface area contributed by atoms with Crippen LogP contribution in [0.2, 0.25) is 0 Å². The van der Waals surface area contributed by atoms with Crippen LogP contribution >= 0.6 is 13.5 Å². The number of hydrogen-bond acceptors (Lipinski definition) is 3. The van der Waals surface area contributed by atoms with Gasteiger partial charge in [-0.3, -0.25) is 4.79 Å². The molecule has 3 rings (SSSR count). The lowest BCUT2D eigenvalue weighted by Crippen LogP contribution is -2.37. The summed E-state index contributed by atoms with van der Waals surface area (Å²) in [4.78, 5) is 12.4. The third-order valence-corrected chi connectivity index (χ3v) is 5.57. The standard InChI is InChI=1S/C28H34N2O2.H2S/c1-3-5-9-18-32-25-16-17-26(22(4-2)20-25)23-14-12-21(13-15-23)19-27(29)28(31)30-24-10-7-6-8-11-24;/h6-8,10-17,20,27H,3-5,9,18-19,29H2,1-2H3,(H,30,31);1H2/t27-;/m0./s1. The molecule has 0 spiro atoms. The molecule has 5 heteroatoms. The van der Waals surface area contributed by atoms with Gasteiger partial charge in [0.15, 0.2) is 0 Å². The highest BCUT2D eigenvalue weighted by Gasteiger charge is 2.14. The molecule has 0 aliphatic carbocycles. The minimum atomic E-state index is -0.601. The van der Waals surface area contributed by atoms with Crippen molar-refractivity contribution in [3.8, 4) is 16.9 Å². The molecule has 1 amide bonds. The third-order valence-electron chi connectivity index (χ3n) is 5.57. The highest BCUT2D eigenvalue weighted by Crippen LogP contribution is 2.28. The van der Waals surface area contributed by atoms with Crippen LogP contribution in [0.4, 0.5) is 5.69 Å². The minimum Gasteiger partial charge on any atom is -0.494 e. The first-order chi connectivity index (χ1) is 15.6. The summed E-state index contributed by atoms with van der Waals surface area (Å²) in [6.45, 7) is 5.13. The number of benzene rings is 3. The Morgan fingerprint density at radius 1 is 0.970 bits per heavy atom. The maximum atomic E-state index is 12.4. The van der Waals surface area contributed by atoms with Gasteiger partial charge >= 0.3 is 0 Å². The second-order valence-corrected chi connectivity index (χ2v) is 8.09. The lowest BCUT2D eigenvalue weighted by atomic mass is 9.96. The predicted octanol–water partition coefficient (Wildman–Crippen LogP) is 6.11. The fourth-order valence-electron chi connectivity index (χ4n) is 3.70. The zero-order chi connectivity index (χ0) is 22.8. The second kappa shape index (κ2) is 13.7. The monoisotopic (exact) mass is 464 g/mol. The van der Waals surface area contributed by atoms with Gasteiger partial charge in [-0.05, 0) is 65.8 Å². The van der Waals surface area contributed by atoms with Crippen molar-refractivity contribution in [2.45, 2.75) is 52.0 Å². The number of aryl methyl sites for hydroxylation is 1. The molecule has 176 valence electrons. The fourth-order valence-corrected chi connectivity index (χ4v) is 3.70. The van der Waals surface area contributed by atoms with Gasteiger partial charge in [0.25, 0.3) is 0 Å². The number of rotatable bonds is 11. The Labute approximate surface area is 205 Å². The van der Waals surface area contributed by atoms with Gasteiger partial charge in [-0.15, -0.1) is 0 Å². The van der Waals surface area contributed by atoms with Crippen molar-refractivity contribution in [2.75, 3.05) is 11.9 Å². The molecule has 3 aromatic rings. The summed E-state index contributed by atoms with van der Waals surface area (Å²) >= 11 is 0. The van der Waals surface area contributed by atoms with E-state index >= 15 is 0 Å². The first kappa shape index (κ1) is 26.5. The molecule has 0 saturated heterocycles. The molecule has 0 fully saturated rings. The summed E-state index contributed by atoms with van der Waals surface area (Å²) in [6.07, 6.45) is 4.91. The van der Waals surface area contributed by atoms with E-state index in [1.807, 2.05) is 30.3 Å². The zero-order valence-electron chi connectivity index (χ0n) is 19.6. The van der Waals surface area contributed by atoms with Crippen molar-refractivity contribution in [1.29, 1.82) is 0 Å². The van der Waals surface area contributed by atoms with Crippen LogP contribution in [0.3, 0.4) is 0 Å². The van der Waals surface area contributed by atoms with Gasteiger partial charge in [0.1, 0.15) is 5.75 Å². The normalized spacial score (nSPS) is 11.4. The van der Waals surface area contributed by atoms with E-state index in [2.05, 4.69) is 61.6 Å². The molecule has 4 nitrogen and oxygen atoms in total. The average molecular weight is 465 g/mol. The van der Waals surface area contributed by atoms with Gasteiger partial charge in [0.2, 0.25) is 5.91 Å². The number of nitrogens with two attached hydrogens (primary N) is 1. The van der Waals surface area contributed by atoms with Crippen molar-refractivity contribution in [3.05, 3.63) is 83.9 Å². The summed E-state index contributed by atoms with van der Waals surface area (Å²) in [6, 6.07) is 23.5. The van der Waals surface area contributed by atoms with Crippen molar-refractivity contribution < 1.29 is 9.53 Å². The molecule has 0 aliphatic rings. The number of unbranched alkanes of at least 4 members (excludes halogenated alkanes) is 2. The van der Waals surface area contributed by atoms with Crippen LogP contribution in [-0.4, -0.2) is 18.6 Å². The van der Waals surface area contributed by atoms with Crippen molar-refractivity contribution in [1.82, 2.24) is 0 Å². The molecular weight excluding hydrogens is 428 g/mol. The van der Waals surface area contributed by atoms with E-state index in [-0.39, 0.29) is 19.4 Å².